The maximum atomic E-state index is 11.4. The number of carbonyl (C=O) groups excluding carboxylic acids is 1. The van der Waals surface area contributed by atoms with Crippen LogP contribution in [0.4, 0.5) is 0 Å². The van der Waals surface area contributed by atoms with E-state index in [4.69, 9.17) is 4.74 Å². The number of allylic oxidation sites excluding steroid dienone is 3. The Morgan fingerprint density at radius 1 is 1.00 bits per heavy atom. The molecule has 0 amide bonds. The molecule has 1 aliphatic rings. The molecule has 2 heteroatoms. The zero-order valence-electron chi connectivity index (χ0n) is 16.8. The molecular weight excluding hydrogens is 308 g/mol. The smallest absolute Gasteiger partial charge is 0.330 e. The highest BCUT2D eigenvalue weighted by atomic mass is 16.5. The molecule has 0 bridgehead atoms. The van der Waals surface area contributed by atoms with Crippen molar-refractivity contribution in [1.82, 2.24) is 0 Å². The summed E-state index contributed by atoms with van der Waals surface area (Å²) in [4.78, 5) is 11.4. The van der Waals surface area contributed by atoms with Crippen molar-refractivity contribution in [2.45, 2.75) is 104 Å². The molecule has 0 aromatic rings. The van der Waals surface area contributed by atoms with Crippen molar-refractivity contribution < 1.29 is 9.53 Å². The minimum absolute atomic E-state index is 0.0490. The van der Waals surface area contributed by atoms with E-state index >= 15 is 0 Å². The Morgan fingerprint density at radius 2 is 1.68 bits per heavy atom. The zero-order chi connectivity index (χ0) is 18.3. The molecule has 1 aliphatic carbocycles. The predicted octanol–water partition coefficient (Wildman–Crippen LogP) is 7.00. The van der Waals surface area contributed by atoms with Gasteiger partial charge in [0, 0.05) is 6.08 Å². The Balaban J connectivity index is 2.13. The van der Waals surface area contributed by atoms with Gasteiger partial charge in [0.2, 0.25) is 0 Å². The summed E-state index contributed by atoms with van der Waals surface area (Å²) >= 11 is 0. The Morgan fingerprint density at radius 3 is 2.40 bits per heavy atom. The molecule has 0 spiro atoms. The van der Waals surface area contributed by atoms with Crippen LogP contribution < -0.4 is 0 Å². The fraction of sp³-hybridized carbons (Fsp3) is 0.783. The number of unbranched alkanes of at least 4 members (excludes halogenated alkanes) is 5. The lowest BCUT2D eigenvalue weighted by atomic mass is 9.87. The first-order valence-electron chi connectivity index (χ1n) is 10.7. The molecule has 1 rings (SSSR count). The van der Waals surface area contributed by atoms with Crippen LogP contribution in [0.5, 0.6) is 0 Å². The number of ether oxygens (including phenoxy) is 1. The largest absolute Gasteiger partial charge is 0.460 e. The van der Waals surface area contributed by atoms with Crippen LogP contribution in [0.2, 0.25) is 0 Å². The highest BCUT2D eigenvalue weighted by Gasteiger charge is 2.25. The number of hydrogen-bond acceptors (Lipinski definition) is 2. The van der Waals surface area contributed by atoms with E-state index < -0.39 is 0 Å². The van der Waals surface area contributed by atoms with Crippen LogP contribution >= 0.6 is 0 Å². The van der Waals surface area contributed by atoms with Crippen molar-refractivity contribution in [2.24, 2.45) is 11.8 Å². The summed E-state index contributed by atoms with van der Waals surface area (Å²) in [6, 6.07) is 0. The highest BCUT2D eigenvalue weighted by Crippen LogP contribution is 2.38. The van der Waals surface area contributed by atoms with E-state index in [1.165, 1.54) is 76.7 Å². The fourth-order valence-corrected chi connectivity index (χ4v) is 3.95. The number of rotatable bonds is 13. The highest BCUT2D eigenvalue weighted by molar-refractivity contribution is 5.82. The second-order valence-electron chi connectivity index (χ2n) is 7.86. The van der Waals surface area contributed by atoms with Gasteiger partial charge in [0.25, 0.3) is 0 Å². The summed E-state index contributed by atoms with van der Waals surface area (Å²) in [5.41, 5.74) is 0. The van der Waals surface area contributed by atoms with Gasteiger partial charge in [-0.05, 0) is 38.5 Å². The van der Waals surface area contributed by atoms with Crippen LogP contribution in [0.1, 0.15) is 97.8 Å². The summed E-state index contributed by atoms with van der Waals surface area (Å²) in [7, 11) is 0. The lowest BCUT2D eigenvalue weighted by Crippen LogP contribution is -2.08. The molecule has 0 saturated heterocycles. The van der Waals surface area contributed by atoms with Crippen LogP contribution in [-0.2, 0) is 9.53 Å². The van der Waals surface area contributed by atoms with E-state index in [2.05, 4.69) is 13.0 Å². The molecular formula is C23H40O2. The molecule has 144 valence electrons. The standard InChI is InChI=1S/C23H40O2/c1-4-5-6-7-8-11-15-21-17-14-18-22(21)16-12-9-10-13-19-23(24)25-20(2)3/h9-10,13,19-22H,4-8,11-12,14-18H2,1-3H3/t21-,22-/m0/s1. The first-order chi connectivity index (χ1) is 12.1. The third-order valence-electron chi connectivity index (χ3n) is 5.28. The third kappa shape index (κ3) is 11.2. The van der Waals surface area contributed by atoms with Crippen molar-refractivity contribution in [3.8, 4) is 0 Å². The molecule has 2 nitrogen and oxygen atoms in total. The lowest BCUT2D eigenvalue weighted by molar-refractivity contribution is -0.141. The molecule has 0 radical (unpaired) electrons. The molecule has 2 atom stereocenters. The second-order valence-corrected chi connectivity index (χ2v) is 7.86. The number of carbonyl (C=O) groups is 1. The summed E-state index contributed by atoms with van der Waals surface area (Å²) in [5.74, 6) is 1.64. The lowest BCUT2D eigenvalue weighted by Gasteiger charge is -2.18. The summed E-state index contributed by atoms with van der Waals surface area (Å²) < 4.78 is 5.06. The van der Waals surface area contributed by atoms with Gasteiger partial charge in [-0.3, -0.25) is 0 Å². The van der Waals surface area contributed by atoms with Gasteiger partial charge in [0.05, 0.1) is 6.10 Å². The van der Waals surface area contributed by atoms with Crippen LogP contribution in [0, 0.1) is 11.8 Å². The van der Waals surface area contributed by atoms with Gasteiger partial charge in [-0.2, -0.15) is 0 Å². The third-order valence-corrected chi connectivity index (χ3v) is 5.28. The second kappa shape index (κ2) is 14.2. The first kappa shape index (κ1) is 22.0. The van der Waals surface area contributed by atoms with E-state index in [0.717, 1.165) is 18.3 Å². The van der Waals surface area contributed by atoms with Gasteiger partial charge in [-0.15, -0.1) is 0 Å². The average molecular weight is 349 g/mol. The molecule has 1 fully saturated rings. The van der Waals surface area contributed by atoms with E-state index in [0.29, 0.717) is 0 Å². The van der Waals surface area contributed by atoms with E-state index in [9.17, 15) is 4.79 Å². The van der Waals surface area contributed by atoms with Gasteiger partial charge >= 0.3 is 5.97 Å². The summed E-state index contributed by atoms with van der Waals surface area (Å²) in [6.07, 6.45) is 24.1. The van der Waals surface area contributed by atoms with E-state index in [1.54, 1.807) is 6.08 Å². The van der Waals surface area contributed by atoms with E-state index in [1.807, 2.05) is 19.9 Å². The Labute approximate surface area is 156 Å². The van der Waals surface area contributed by atoms with Crippen LogP contribution in [0.3, 0.4) is 0 Å². The molecule has 0 aromatic carbocycles. The van der Waals surface area contributed by atoms with Gasteiger partial charge in [0.1, 0.15) is 0 Å². The number of hydrogen-bond donors (Lipinski definition) is 0. The van der Waals surface area contributed by atoms with Crippen molar-refractivity contribution >= 4 is 5.97 Å². The zero-order valence-corrected chi connectivity index (χ0v) is 16.8. The normalized spacial score (nSPS) is 21.0. The molecule has 1 saturated carbocycles. The summed E-state index contributed by atoms with van der Waals surface area (Å²) in [5, 5.41) is 0. The maximum absolute atomic E-state index is 11.4. The minimum Gasteiger partial charge on any atom is -0.460 e. The van der Waals surface area contributed by atoms with E-state index in [-0.39, 0.29) is 12.1 Å². The van der Waals surface area contributed by atoms with Crippen molar-refractivity contribution in [3.05, 3.63) is 24.3 Å². The molecule has 0 aliphatic heterocycles. The van der Waals surface area contributed by atoms with Crippen LogP contribution in [-0.4, -0.2) is 12.1 Å². The quantitative estimate of drug-likeness (QED) is 0.155. The topological polar surface area (TPSA) is 26.3 Å². The Kier molecular flexibility index (Phi) is 12.5. The Hall–Kier alpha value is -1.05. The first-order valence-corrected chi connectivity index (χ1v) is 10.7. The van der Waals surface area contributed by atoms with Gasteiger partial charge in [-0.25, -0.2) is 4.79 Å². The molecule has 0 unspecified atom stereocenters. The monoisotopic (exact) mass is 348 g/mol. The van der Waals surface area contributed by atoms with Gasteiger partial charge in [-0.1, -0.05) is 89.4 Å². The van der Waals surface area contributed by atoms with Gasteiger partial charge in [0.15, 0.2) is 0 Å². The van der Waals surface area contributed by atoms with Crippen molar-refractivity contribution in [3.63, 3.8) is 0 Å². The minimum atomic E-state index is -0.255. The number of esters is 1. The van der Waals surface area contributed by atoms with Crippen molar-refractivity contribution in [2.75, 3.05) is 0 Å². The fourth-order valence-electron chi connectivity index (χ4n) is 3.95. The molecule has 0 N–H and O–H groups in total. The molecule has 25 heavy (non-hydrogen) atoms. The van der Waals surface area contributed by atoms with Crippen LogP contribution in [0.15, 0.2) is 24.3 Å². The average Bonchev–Trinajstić information content (AvgIpc) is 3.00. The van der Waals surface area contributed by atoms with Crippen LogP contribution in [0.25, 0.3) is 0 Å². The summed E-state index contributed by atoms with van der Waals surface area (Å²) in [6.45, 7) is 6.01. The maximum Gasteiger partial charge on any atom is 0.330 e. The van der Waals surface area contributed by atoms with Gasteiger partial charge < -0.3 is 4.74 Å². The SMILES string of the molecule is CCCCCCCC[C@H]1CCC[C@@H]1CCC=CC=CC(=O)OC(C)C. The molecule has 0 heterocycles. The predicted molar refractivity (Wildman–Crippen MR) is 108 cm³/mol. The molecule has 0 aromatic heterocycles. The van der Waals surface area contributed by atoms with Crippen molar-refractivity contribution in [1.29, 1.82) is 0 Å². The Bertz CT molecular complexity index is 395.